The monoisotopic (exact) mass is 249 g/mol. The van der Waals surface area contributed by atoms with Crippen molar-refractivity contribution in [2.45, 2.75) is 39.8 Å². The second-order valence-electron chi connectivity index (χ2n) is 4.98. The number of hydrogen-bond acceptors (Lipinski definition) is 3. The Labute approximate surface area is 109 Å². The third-order valence-corrected chi connectivity index (χ3v) is 3.16. The van der Waals surface area contributed by atoms with Crippen LogP contribution in [-0.4, -0.2) is 23.5 Å². The number of amides is 1. The van der Waals surface area contributed by atoms with Crippen LogP contribution in [0.3, 0.4) is 0 Å². The van der Waals surface area contributed by atoms with Gasteiger partial charge < -0.3 is 10.6 Å². The summed E-state index contributed by atoms with van der Waals surface area (Å²) in [5.41, 5.74) is 1.13. The van der Waals surface area contributed by atoms with Crippen LogP contribution in [0, 0.1) is 5.92 Å². The number of carbonyl (C=O) groups excluding carboxylic acids is 1. The van der Waals surface area contributed by atoms with Crippen LogP contribution >= 0.6 is 0 Å². The summed E-state index contributed by atoms with van der Waals surface area (Å²) in [7, 11) is 0. The van der Waals surface area contributed by atoms with Gasteiger partial charge in [-0.15, -0.1) is 0 Å². The molecule has 0 fully saturated rings. The molecule has 100 valence electrons. The zero-order valence-corrected chi connectivity index (χ0v) is 11.6. The molecule has 1 amide bonds. The first-order valence-corrected chi connectivity index (χ1v) is 6.43. The van der Waals surface area contributed by atoms with Crippen molar-refractivity contribution in [2.24, 2.45) is 5.92 Å². The summed E-state index contributed by atoms with van der Waals surface area (Å²) in [5, 5.41) is 6.18. The Bertz CT molecular complexity index is 365. The minimum Gasteiger partial charge on any atom is -0.352 e. The average molecular weight is 249 g/mol. The van der Waals surface area contributed by atoms with Gasteiger partial charge >= 0.3 is 0 Å². The maximum Gasteiger partial charge on any atom is 0.234 e. The lowest BCUT2D eigenvalue weighted by Gasteiger charge is -2.19. The molecular weight excluding hydrogens is 226 g/mol. The van der Waals surface area contributed by atoms with E-state index in [1.165, 1.54) is 0 Å². The highest BCUT2D eigenvalue weighted by Gasteiger charge is 2.11. The Kier molecular flexibility index (Phi) is 5.78. The normalized spacial score (nSPS) is 14.3. The highest BCUT2D eigenvalue weighted by atomic mass is 16.1. The first-order valence-electron chi connectivity index (χ1n) is 6.43. The highest BCUT2D eigenvalue weighted by Crippen LogP contribution is 2.09. The molecule has 1 unspecified atom stereocenters. The minimum absolute atomic E-state index is 0.0390. The number of hydrogen-bond donors (Lipinski definition) is 2. The van der Waals surface area contributed by atoms with E-state index in [-0.39, 0.29) is 18.0 Å². The van der Waals surface area contributed by atoms with E-state index in [1.807, 2.05) is 26.0 Å². The smallest absolute Gasteiger partial charge is 0.234 e. The predicted molar refractivity (Wildman–Crippen MR) is 73.1 cm³/mol. The fourth-order valence-corrected chi connectivity index (χ4v) is 1.49. The molecule has 1 heterocycles. The van der Waals surface area contributed by atoms with Gasteiger partial charge in [-0.3, -0.25) is 9.78 Å². The van der Waals surface area contributed by atoms with E-state index in [2.05, 4.69) is 29.5 Å². The second-order valence-corrected chi connectivity index (χ2v) is 4.98. The van der Waals surface area contributed by atoms with Crippen LogP contribution in [0.5, 0.6) is 0 Å². The Morgan fingerprint density at radius 2 is 1.83 bits per heavy atom. The van der Waals surface area contributed by atoms with E-state index in [1.54, 1.807) is 12.4 Å². The molecule has 1 aromatic rings. The predicted octanol–water partition coefficient (Wildman–Crippen LogP) is 1.89. The van der Waals surface area contributed by atoms with Crippen LogP contribution in [0.4, 0.5) is 0 Å². The van der Waals surface area contributed by atoms with Crippen molar-refractivity contribution in [1.29, 1.82) is 0 Å². The van der Waals surface area contributed by atoms with Gasteiger partial charge in [-0.05, 0) is 37.5 Å². The molecule has 4 heteroatoms. The van der Waals surface area contributed by atoms with Crippen LogP contribution < -0.4 is 10.6 Å². The van der Waals surface area contributed by atoms with Gasteiger partial charge in [-0.2, -0.15) is 0 Å². The molecular formula is C14H23N3O. The molecule has 0 aromatic carbocycles. The zero-order valence-electron chi connectivity index (χ0n) is 11.6. The molecule has 2 N–H and O–H groups in total. The number of nitrogens with one attached hydrogen (secondary N) is 2. The summed E-state index contributed by atoms with van der Waals surface area (Å²) < 4.78 is 0. The summed E-state index contributed by atoms with van der Waals surface area (Å²) in [6.07, 6.45) is 3.52. The third kappa shape index (κ3) is 4.84. The van der Waals surface area contributed by atoms with E-state index in [4.69, 9.17) is 0 Å². The summed E-state index contributed by atoms with van der Waals surface area (Å²) in [4.78, 5) is 15.7. The van der Waals surface area contributed by atoms with Crippen molar-refractivity contribution in [2.75, 3.05) is 6.54 Å². The topological polar surface area (TPSA) is 54.0 Å². The van der Waals surface area contributed by atoms with Crippen molar-refractivity contribution in [3.8, 4) is 0 Å². The fourth-order valence-electron chi connectivity index (χ4n) is 1.49. The van der Waals surface area contributed by atoms with E-state index in [9.17, 15) is 4.79 Å². The third-order valence-electron chi connectivity index (χ3n) is 3.16. The lowest BCUT2D eigenvalue weighted by Crippen LogP contribution is -2.41. The van der Waals surface area contributed by atoms with Gasteiger partial charge in [0.2, 0.25) is 5.91 Å². The maximum absolute atomic E-state index is 11.7. The summed E-state index contributed by atoms with van der Waals surface area (Å²) >= 11 is 0. The average Bonchev–Trinajstić information content (AvgIpc) is 2.36. The van der Waals surface area contributed by atoms with Crippen LogP contribution in [0.1, 0.15) is 39.3 Å². The minimum atomic E-state index is 0.0390. The first kappa shape index (κ1) is 14.6. The molecule has 0 spiro atoms. The molecule has 18 heavy (non-hydrogen) atoms. The van der Waals surface area contributed by atoms with Crippen molar-refractivity contribution in [3.05, 3.63) is 30.1 Å². The maximum atomic E-state index is 11.7. The molecule has 1 rings (SSSR count). The highest BCUT2D eigenvalue weighted by molar-refractivity contribution is 5.78. The lowest BCUT2D eigenvalue weighted by molar-refractivity contribution is -0.121. The van der Waals surface area contributed by atoms with E-state index in [0.717, 1.165) is 5.56 Å². The second kappa shape index (κ2) is 7.11. The van der Waals surface area contributed by atoms with Gasteiger partial charge in [0, 0.05) is 24.5 Å². The van der Waals surface area contributed by atoms with Crippen molar-refractivity contribution in [1.82, 2.24) is 15.6 Å². The molecule has 0 aliphatic carbocycles. The molecule has 0 aliphatic heterocycles. The molecule has 0 saturated heterocycles. The number of nitrogens with zero attached hydrogens (tertiary/aromatic N) is 1. The summed E-state index contributed by atoms with van der Waals surface area (Å²) in [6, 6.07) is 4.25. The van der Waals surface area contributed by atoms with E-state index >= 15 is 0 Å². The van der Waals surface area contributed by atoms with Crippen molar-refractivity contribution in [3.63, 3.8) is 0 Å². The van der Waals surface area contributed by atoms with Gasteiger partial charge in [0.15, 0.2) is 0 Å². The van der Waals surface area contributed by atoms with Crippen molar-refractivity contribution < 1.29 is 4.79 Å². The largest absolute Gasteiger partial charge is 0.352 e. The van der Waals surface area contributed by atoms with Gasteiger partial charge in [0.1, 0.15) is 0 Å². The molecule has 1 aromatic heterocycles. The molecule has 0 bridgehead atoms. The van der Waals surface area contributed by atoms with Crippen molar-refractivity contribution >= 4 is 5.91 Å². The molecule has 0 radical (unpaired) electrons. The van der Waals surface area contributed by atoms with Gasteiger partial charge in [-0.25, -0.2) is 0 Å². The van der Waals surface area contributed by atoms with Crippen LogP contribution in [0.25, 0.3) is 0 Å². The standard InChI is InChI=1S/C14H23N3O/c1-10(2)11(3)17-14(18)9-16-12(4)13-5-7-15-8-6-13/h5-8,10-12,16H,9H2,1-4H3,(H,17,18)/t11?,12-/m0/s1. The lowest BCUT2D eigenvalue weighted by atomic mass is 10.1. The Hall–Kier alpha value is -1.42. The molecule has 4 nitrogen and oxygen atoms in total. The van der Waals surface area contributed by atoms with Gasteiger partial charge in [0.05, 0.1) is 6.54 Å². The number of aromatic nitrogens is 1. The molecule has 0 aliphatic rings. The number of carbonyl (C=O) groups is 1. The summed E-state index contributed by atoms with van der Waals surface area (Å²) in [6.45, 7) is 8.58. The Balaban J connectivity index is 2.35. The fraction of sp³-hybridized carbons (Fsp3) is 0.571. The molecule has 2 atom stereocenters. The van der Waals surface area contributed by atoms with E-state index in [0.29, 0.717) is 12.5 Å². The zero-order chi connectivity index (χ0) is 13.5. The summed E-state index contributed by atoms with van der Waals surface area (Å²) in [5.74, 6) is 0.490. The SMILES string of the molecule is CC(C)C(C)NC(=O)CN[C@@H](C)c1ccncc1. The van der Waals surface area contributed by atoms with Gasteiger partial charge in [-0.1, -0.05) is 13.8 Å². The quantitative estimate of drug-likeness (QED) is 0.809. The molecule has 0 saturated carbocycles. The van der Waals surface area contributed by atoms with Gasteiger partial charge in [0.25, 0.3) is 0 Å². The van der Waals surface area contributed by atoms with Crippen LogP contribution in [-0.2, 0) is 4.79 Å². The Morgan fingerprint density at radius 3 is 2.39 bits per heavy atom. The van der Waals surface area contributed by atoms with Crippen LogP contribution in [0.2, 0.25) is 0 Å². The Morgan fingerprint density at radius 1 is 1.22 bits per heavy atom. The number of pyridine rings is 1. The first-order chi connectivity index (χ1) is 8.50. The van der Waals surface area contributed by atoms with Crippen LogP contribution in [0.15, 0.2) is 24.5 Å². The number of rotatable bonds is 6. The van der Waals surface area contributed by atoms with E-state index < -0.39 is 0 Å².